The molecule has 0 spiro atoms. The highest BCUT2D eigenvalue weighted by molar-refractivity contribution is 7.90. The summed E-state index contributed by atoms with van der Waals surface area (Å²) in [5.74, 6) is 0.0989. The van der Waals surface area contributed by atoms with Crippen LogP contribution in [0.1, 0.15) is 32.1 Å². The Labute approximate surface area is 84.8 Å². The van der Waals surface area contributed by atoms with E-state index >= 15 is 0 Å². The van der Waals surface area contributed by atoms with E-state index in [1.807, 2.05) is 0 Å². The van der Waals surface area contributed by atoms with Crippen molar-refractivity contribution < 1.29 is 13.2 Å². The molecule has 0 aromatic heterocycles. The minimum atomic E-state index is -2.95. The van der Waals surface area contributed by atoms with Crippen LogP contribution in [-0.2, 0) is 14.6 Å². The summed E-state index contributed by atoms with van der Waals surface area (Å²) < 4.78 is 21.6. The van der Waals surface area contributed by atoms with Crippen LogP contribution in [-0.4, -0.2) is 31.7 Å². The Kier molecular flexibility index (Phi) is 3.32. The minimum Gasteiger partial charge on any atom is -0.319 e. The van der Waals surface area contributed by atoms with Crippen molar-refractivity contribution in [3.05, 3.63) is 0 Å². The zero-order chi connectivity index (χ0) is 10.8. The van der Waals surface area contributed by atoms with Crippen LogP contribution in [0.5, 0.6) is 0 Å². The van der Waals surface area contributed by atoms with Crippen molar-refractivity contribution in [2.24, 2.45) is 5.73 Å². The van der Waals surface area contributed by atoms with Gasteiger partial charge in [-0.3, -0.25) is 4.79 Å². The molecule has 0 amide bonds. The first kappa shape index (κ1) is 11.7. The Hall–Kier alpha value is -0.420. The fourth-order valence-corrected chi connectivity index (χ4v) is 2.25. The SMILES string of the molecule is CS(=O)(=O)CCCC(=O)C1(N)CCC1. The molecule has 1 saturated carbocycles. The van der Waals surface area contributed by atoms with Gasteiger partial charge in [-0.05, 0) is 25.7 Å². The van der Waals surface area contributed by atoms with Crippen LogP contribution < -0.4 is 5.73 Å². The van der Waals surface area contributed by atoms with E-state index in [1.165, 1.54) is 6.26 Å². The van der Waals surface area contributed by atoms with E-state index in [-0.39, 0.29) is 11.5 Å². The Balaban J connectivity index is 2.29. The lowest BCUT2D eigenvalue weighted by Crippen LogP contribution is -2.53. The van der Waals surface area contributed by atoms with Gasteiger partial charge in [-0.2, -0.15) is 0 Å². The Bertz CT molecular complexity index is 317. The maximum Gasteiger partial charge on any atom is 0.152 e. The molecule has 82 valence electrons. The predicted octanol–water partition coefficient (Wildman–Crippen LogP) is 0.262. The Morgan fingerprint density at radius 1 is 1.43 bits per heavy atom. The molecule has 1 aliphatic rings. The average Bonchev–Trinajstić information content (AvgIpc) is 1.97. The van der Waals surface area contributed by atoms with Crippen LogP contribution in [0, 0.1) is 0 Å². The van der Waals surface area contributed by atoms with E-state index in [0.717, 1.165) is 19.3 Å². The van der Waals surface area contributed by atoms with Crippen LogP contribution in [0.15, 0.2) is 0 Å². The summed E-state index contributed by atoms with van der Waals surface area (Å²) in [6, 6.07) is 0. The van der Waals surface area contributed by atoms with Crippen molar-refractivity contribution in [3.63, 3.8) is 0 Å². The lowest BCUT2D eigenvalue weighted by molar-refractivity contribution is -0.127. The molecule has 0 unspecified atom stereocenters. The molecule has 2 N–H and O–H groups in total. The van der Waals surface area contributed by atoms with Crippen LogP contribution in [0.2, 0.25) is 0 Å². The largest absolute Gasteiger partial charge is 0.319 e. The Morgan fingerprint density at radius 2 is 2.00 bits per heavy atom. The fraction of sp³-hybridized carbons (Fsp3) is 0.889. The first-order chi connectivity index (χ1) is 6.33. The van der Waals surface area contributed by atoms with Gasteiger partial charge < -0.3 is 5.73 Å². The second-order valence-corrected chi connectivity index (χ2v) is 6.43. The number of carbonyl (C=O) groups is 1. The molecule has 0 saturated heterocycles. The van der Waals surface area contributed by atoms with E-state index in [1.54, 1.807) is 0 Å². The van der Waals surface area contributed by atoms with E-state index < -0.39 is 15.4 Å². The van der Waals surface area contributed by atoms with Crippen LogP contribution in [0.4, 0.5) is 0 Å². The van der Waals surface area contributed by atoms with Crippen molar-refractivity contribution in [3.8, 4) is 0 Å². The molecular weight excluding hydrogens is 202 g/mol. The maximum atomic E-state index is 11.5. The summed E-state index contributed by atoms with van der Waals surface area (Å²) >= 11 is 0. The third-order valence-electron chi connectivity index (χ3n) is 2.72. The highest BCUT2D eigenvalue weighted by Gasteiger charge is 2.38. The number of hydrogen-bond donors (Lipinski definition) is 1. The normalized spacial score (nSPS) is 20.1. The van der Waals surface area contributed by atoms with Gasteiger partial charge in [-0.15, -0.1) is 0 Å². The standard InChI is InChI=1S/C9H17NO3S/c1-14(12,13)7-2-4-8(11)9(10)5-3-6-9/h2-7,10H2,1H3. The van der Waals surface area contributed by atoms with Gasteiger partial charge >= 0.3 is 0 Å². The summed E-state index contributed by atoms with van der Waals surface area (Å²) in [5, 5.41) is 0. The van der Waals surface area contributed by atoms with Crippen molar-refractivity contribution in [2.45, 2.75) is 37.6 Å². The van der Waals surface area contributed by atoms with Crippen molar-refractivity contribution in [1.82, 2.24) is 0 Å². The molecule has 1 fully saturated rings. The van der Waals surface area contributed by atoms with Gasteiger partial charge in [-0.1, -0.05) is 0 Å². The van der Waals surface area contributed by atoms with Crippen LogP contribution in [0.3, 0.4) is 0 Å². The summed E-state index contributed by atoms with van der Waals surface area (Å²) in [6.45, 7) is 0. The molecule has 0 aromatic rings. The van der Waals surface area contributed by atoms with Gasteiger partial charge in [0.15, 0.2) is 5.78 Å². The first-order valence-corrected chi connectivity index (χ1v) is 6.89. The number of Topliss-reactive ketones (excluding diaryl/α,β-unsaturated/α-hetero) is 1. The third-order valence-corrected chi connectivity index (χ3v) is 3.75. The molecule has 0 heterocycles. The van der Waals surface area contributed by atoms with E-state index in [4.69, 9.17) is 5.73 Å². The predicted molar refractivity (Wildman–Crippen MR) is 54.7 cm³/mol. The topological polar surface area (TPSA) is 77.2 Å². The third kappa shape index (κ3) is 3.06. The molecule has 1 aliphatic carbocycles. The number of hydrogen-bond acceptors (Lipinski definition) is 4. The smallest absolute Gasteiger partial charge is 0.152 e. The van der Waals surface area contributed by atoms with Gasteiger partial charge in [-0.25, -0.2) is 8.42 Å². The highest BCUT2D eigenvalue weighted by Crippen LogP contribution is 2.31. The highest BCUT2D eigenvalue weighted by atomic mass is 32.2. The van der Waals surface area contributed by atoms with Gasteiger partial charge in [0.1, 0.15) is 9.84 Å². The number of carbonyl (C=O) groups excluding carboxylic acids is 1. The van der Waals surface area contributed by atoms with Crippen LogP contribution in [0.25, 0.3) is 0 Å². The van der Waals surface area contributed by atoms with Gasteiger partial charge in [0.2, 0.25) is 0 Å². The lowest BCUT2D eigenvalue weighted by atomic mass is 9.73. The molecule has 4 nitrogen and oxygen atoms in total. The zero-order valence-electron chi connectivity index (χ0n) is 8.45. The monoisotopic (exact) mass is 219 g/mol. The number of sulfone groups is 1. The number of nitrogens with two attached hydrogens (primary N) is 1. The number of ketones is 1. The first-order valence-electron chi connectivity index (χ1n) is 4.83. The van der Waals surface area contributed by atoms with Crippen molar-refractivity contribution in [2.75, 3.05) is 12.0 Å². The molecule has 1 rings (SSSR count). The van der Waals surface area contributed by atoms with Gasteiger partial charge in [0.05, 0.1) is 11.3 Å². The molecule has 0 radical (unpaired) electrons. The molecule has 14 heavy (non-hydrogen) atoms. The molecule has 0 aromatic carbocycles. The summed E-state index contributed by atoms with van der Waals surface area (Å²) in [6.07, 6.45) is 4.39. The minimum absolute atomic E-state index is 0.0207. The molecule has 5 heteroatoms. The van der Waals surface area contributed by atoms with Crippen molar-refractivity contribution in [1.29, 1.82) is 0 Å². The van der Waals surface area contributed by atoms with E-state index in [2.05, 4.69) is 0 Å². The second-order valence-electron chi connectivity index (χ2n) is 4.17. The quantitative estimate of drug-likeness (QED) is 0.719. The van der Waals surface area contributed by atoms with E-state index in [0.29, 0.717) is 12.8 Å². The van der Waals surface area contributed by atoms with Gasteiger partial charge in [0, 0.05) is 12.7 Å². The zero-order valence-corrected chi connectivity index (χ0v) is 9.27. The summed E-state index contributed by atoms with van der Waals surface area (Å²) in [4.78, 5) is 11.5. The molecule has 0 aliphatic heterocycles. The second kappa shape index (κ2) is 3.98. The number of rotatable bonds is 5. The summed E-state index contributed by atoms with van der Waals surface area (Å²) in [5.41, 5.74) is 5.17. The van der Waals surface area contributed by atoms with Crippen molar-refractivity contribution >= 4 is 15.6 Å². The fourth-order valence-electron chi connectivity index (χ4n) is 1.58. The lowest BCUT2D eigenvalue weighted by Gasteiger charge is -2.36. The molecule has 0 atom stereocenters. The molecular formula is C9H17NO3S. The Morgan fingerprint density at radius 3 is 2.36 bits per heavy atom. The van der Waals surface area contributed by atoms with E-state index in [9.17, 15) is 13.2 Å². The van der Waals surface area contributed by atoms with Crippen LogP contribution >= 0.6 is 0 Å². The summed E-state index contributed by atoms with van der Waals surface area (Å²) in [7, 11) is -2.95. The average molecular weight is 219 g/mol. The molecule has 0 bridgehead atoms. The maximum absolute atomic E-state index is 11.5. The van der Waals surface area contributed by atoms with Gasteiger partial charge in [0.25, 0.3) is 0 Å².